The smallest absolute Gasteiger partial charge is 0.234 e. The Bertz CT molecular complexity index is 266. The van der Waals surface area contributed by atoms with Gasteiger partial charge in [0, 0.05) is 12.6 Å². The second kappa shape index (κ2) is 10.5. The van der Waals surface area contributed by atoms with Crippen LogP contribution in [0.4, 0.5) is 0 Å². The van der Waals surface area contributed by atoms with Crippen molar-refractivity contribution in [1.29, 1.82) is 0 Å². The number of carbonyl (C=O) groups excluding carboxylic acids is 2. The Morgan fingerprint density at radius 3 is 2.67 bits per heavy atom. The van der Waals surface area contributed by atoms with E-state index in [1.54, 1.807) is 6.08 Å². The lowest BCUT2D eigenvalue weighted by atomic mass is 10.1. The van der Waals surface area contributed by atoms with Gasteiger partial charge in [0.1, 0.15) is 0 Å². The van der Waals surface area contributed by atoms with Crippen molar-refractivity contribution in [3.63, 3.8) is 0 Å². The minimum atomic E-state index is 0.103. The van der Waals surface area contributed by atoms with Gasteiger partial charge in [-0.2, -0.15) is 0 Å². The summed E-state index contributed by atoms with van der Waals surface area (Å²) in [6.07, 6.45) is 6.28. The molecule has 0 saturated carbocycles. The van der Waals surface area contributed by atoms with Crippen LogP contribution in [-0.4, -0.2) is 37.8 Å². The molecular formula is C10H15N3O2. The quantitative estimate of drug-likeness (QED) is 0.261. The van der Waals surface area contributed by atoms with Crippen LogP contribution >= 0.6 is 0 Å². The normalized spacial score (nSPS) is 10.9. The van der Waals surface area contributed by atoms with Gasteiger partial charge >= 0.3 is 0 Å². The predicted molar refractivity (Wildman–Crippen MR) is 57.2 cm³/mol. The van der Waals surface area contributed by atoms with Gasteiger partial charge in [0.25, 0.3) is 0 Å². The maximum atomic E-state index is 9.95. The Balaban J connectivity index is 3.81. The number of isocyanates is 2. The van der Waals surface area contributed by atoms with Gasteiger partial charge in [-0.1, -0.05) is 6.08 Å². The molecule has 0 aliphatic rings. The minimum absolute atomic E-state index is 0.103. The molecular weight excluding hydrogens is 194 g/mol. The van der Waals surface area contributed by atoms with E-state index in [0.717, 1.165) is 12.8 Å². The first-order chi connectivity index (χ1) is 7.35. The van der Waals surface area contributed by atoms with Crippen molar-refractivity contribution in [1.82, 2.24) is 5.32 Å². The Morgan fingerprint density at radius 2 is 2.07 bits per heavy atom. The summed E-state index contributed by atoms with van der Waals surface area (Å²) in [7, 11) is 0. The highest BCUT2D eigenvalue weighted by molar-refractivity contribution is 5.33. The third-order valence-corrected chi connectivity index (χ3v) is 1.81. The summed E-state index contributed by atoms with van der Waals surface area (Å²) in [5, 5.41) is 3.15. The summed E-state index contributed by atoms with van der Waals surface area (Å²) in [4.78, 5) is 26.7. The molecule has 0 aliphatic heterocycles. The van der Waals surface area contributed by atoms with Crippen LogP contribution in [0.25, 0.3) is 0 Å². The molecule has 1 unspecified atom stereocenters. The maximum Gasteiger partial charge on any atom is 0.234 e. The number of hydrogen-bond acceptors (Lipinski definition) is 5. The predicted octanol–water partition coefficient (Wildman–Crippen LogP) is 0.582. The lowest BCUT2D eigenvalue weighted by Crippen LogP contribution is -2.32. The number of hydrogen-bond donors (Lipinski definition) is 1. The average Bonchev–Trinajstić information content (AvgIpc) is 2.27. The molecule has 0 heterocycles. The summed E-state index contributed by atoms with van der Waals surface area (Å²) < 4.78 is 0. The molecule has 0 rings (SSSR count). The summed E-state index contributed by atoms with van der Waals surface area (Å²) in [6, 6.07) is 0.103. The summed E-state index contributed by atoms with van der Waals surface area (Å²) >= 11 is 0. The van der Waals surface area contributed by atoms with Gasteiger partial charge in [-0.25, -0.2) is 19.6 Å². The van der Waals surface area contributed by atoms with Crippen LogP contribution in [0, 0.1) is 0 Å². The molecule has 0 fully saturated rings. The first-order valence-electron chi connectivity index (χ1n) is 4.76. The van der Waals surface area contributed by atoms with Crippen LogP contribution in [0.1, 0.15) is 12.8 Å². The van der Waals surface area contributed by atoms with Crippen molar-refractivity contribution >= 4 is 12.2 Å². The highest BCUT2D eigenvalue weighted by atomic mass is 16.1. The van der Waals surface area contributed by atoms with E-state index in [2.05, 4.69) is 21.9 Å². The summed E-state index contributed by atoms with van der Waals surface area (Å²) in [5.41, 5.74) is 0. The number of rotatable bonds is 9. The first-order valence-corrected chi connectivity index (χ1v) is 4.76. The molecule has 0 spiro atoms. The third-order valence-electron chi connectivity index (χ3n) is 1.81. The van der Waals surface area contributed by atoms with Crippen molar-refractivity contribution < 1.29 is 9.59 Å². The number of nitrogens with zero attached hydrogens (tertiary/aromatic N) is 2. The highest BCUT2D eigenvalue weighted by Gasteiger charge is 2.05. The van der Waals surface area contributed by atoms with Gasteiger partial charge in [-0.15, -0.1) is 6.58 Å². The van der Waals surface area contributed by atoms with E-state index in [9.17, 15) is 9.59 Å². The maximum absolute atomic E-state index is 9.95. The molecule has 0 saturated heterocycles. The Morgan fingerprint density at radius 1 is 1.33 bits per heavy atom. The number of aliphatic imine (C=N–C) groups is 2. The van der Waals surface area contributed by atoms with Gasteiger partial charge in [-0.05, 0) is 12.8 Å². The zero-order valence-electron chi connectivity index (χ0n) is 8.61. The van der Waals surface area contributed by atoms with Crippen molar-refractivity contribution in [3.8, 4) is 0 Å². The second-order valence-corrected chi connectivity index (χ2v) is 2.94. The zero-order valence-corrected chi connectivity index (χ0v) is 8.61. The zero-order chi connectivity index (χ0) is 11.4. The van der Waals surface area contributed by atoms with Gasteiger partial charge in [0.2, 0.25) is 12.2 Å². The molecule has 0 amide bonds. The molecule has 0 bridgehead atoms. The topological polar surface area (TPSA) is 70.9 Å². The van der Waals surface area contributed by atoms with Crippen molar-refractivity contribution in [2.24, 2.45) is 9.98 Å². The molecule has 1 N–H and O–H groups in total. The van der Waals surface area contributed by atoms with Crippen LogP contribution in [0.5, 0.6) is 0 Å². The fraction of sp³-hybridized carbons (Fsp3) is 0.600. The minimum Gasteiger partial charge on any atom is -0.309 e. The Labute approximate surface area is 89.0 Å². The van der Waals surface area contributed by atoms with Crippen LogP contribution < -0.4 is 5.32 Å². The van der Waals surface area contributed by atoms with Gasteiger partial charge in [0.05, 0.1) is 13.1 Å². The van der Waals surface area contributed by atoms with E-state index < -0.39 is 0 Å². The van der Waals surface area contributed by atoms with Crippen LogP contribution in [0.15, 0.2) is 22.6 Å². The molecule has 0 radical (unpaired) electrons. The lowest BCUT2D eigenvalue weighted by Gasteiger charge is -2.13. The summed E-state index contributed by atoms with van der Waals surface area (Å²) in [6.45, 7) is 5.09. The largest absolute Gasteiger partial charge is 0.309 e. The molecule has 0 aromatic heterocycles. The van der Waals surface area contributed by atoms with E-state index in [-0.39, 0.29) is 6.04 Å². The van der Waals surface area contributed by atoms with E-state index >= 15 is 0 Å². The molecule has 0 aromatic rings. The van der Waals surface area contributed by atoms with Crippen LogP contribution in [0.2, 0.25) is 0 Å². The van der Waals surface area contributed by atoms with E-state index in [1.807, 2.05) is 0 Å². The highest BCUT2D eigenvalue weighted by Crippen LogP contribution is 1.98. The van der Waals surface area contributed by atoms with E-state index in [4.69, 9.17) is 0 Å². The molecule has 0 aromatic carbocycles. The second-order valence-electron chi connectivity index (χ2n) is 2.94. The Hall–Kier alpha value is -1.54. The molecule has 1 atom stereocenters. The molecule has 0 aliphatic carbocycles. The monoisotopic (exact) mass is 209 g/mol. The van der Waals surface area contributed by atoms with Gasteiger partial charge in [0.15, 0.2) is 0 Å². The molecule has 5 heteroatoms. The molecule has 5 nitrogen and oxygen atoms in total. The standard InChI is InChI=1S/C10H15N3O2/c1-2-5-13-10(7-12-9-15)4-3-6-11-8-14/h2,10,13H,1,3-7H2. The van der Waals surface area contributed by atoms with Crippen LogP contribution in [0.3, 0.4) is 0 Å². The fourth-order valence-electron chi connectivity index (χ4n) is 1.12. The van der Waals surface area contributed by atoms with E-state index in [0.29, 0.717) is 19.6 Å². The summed E-state index contributed by atoms with van der Waals surface area (Å²) in [5.74, 6) is 0. The van der Waals surface area contributed by atoms with Gasteiger partial charge < -0.3 is 5.32 Å². The molecule has 15 heavy (non-hydrogen) atoms. The van der Waals surface area contributed by atoms with Crippen LogP contribution in [-0.2, 0) is 9.59 Å². The fourth-order valence-corrected chi connectivity index (χ4v) is 1.12. The Kier molecular flexibility index (Phi) is 9.46. The SMILES string of the molecule is C=CCNC(CCCN=C=O)CN=C=O. The van der Waals surface area contributed by atoms with Crippen molar-refractivity contribution in [2.45, 2.75) is 18.9 Å². The first kappa shape index (κ1) is 13.5. The number of nitrogens with one attached hydrogen (secondary N) is 1. The average molecular weight is 209 g/mol. The van der Waals surface area contributed by atoms with Crippen molar-refractivity contribution in [3.05, 3.63) is 12.7 Å². The molecule has 82 valence electrons. The van der Waals surface area contributed by atoms with Gasteiger partial charge in [-0.3, -0.25) is 0 Å². The van der Waals surface area contributed by atoms with Crippen molar-refractivity contribution in [2.75, 3.05) is 19.6 Å². The lowest BCUT2D eigenvalue weighted by molar-refractivity contribution is 0.495. The third kappa shape index (κ3) is 8.78. The van der Waals surface area contributed by atoms with E-state index in [1.165, 1.54) is 12.2 Å².